The summed E-state index contributed by atoms with van der Waals surface area (Å²) >= 11 is 0. The fraction of sp³-hybridized carbons (Fsp3) is 0.455. The predicted octanol–water partition coefficient (Wildman–Crippen LogP) is 0.117. The Morgan fingerprint density at radius 3 is 2.90 bits per heavy atom. The summed E-state index contributed by atoms with van der Waals surface area (Å²) in [6.07, 6.45) is 1.61. The molecule has 1 atom stereocenters. The highest BCUT2D eigenvalue weighted by molar-refractivity contribution is 6.05. The summed E-state index contributed by atoms with van der Waals surface area (Å²) in [6.45, 7) is 3.37. The Hall–Kier alpha value is -3.04. The van der Waals surface area contributed by atoms with Gasteiger partial charge in [0.25, 0.3) is 5.91 Å². The molecule has 0 radical (unpaired) electrons. The summed E-state index contributed by atoms with van der Waals surface area (Å²) < 4.78 is 1.97. The summed E-state index contributed by atoms with van der Waals surface area (Å²) in [5, 5.41) is 13.9. The molecule has 4 heterocycles. The normalized spacial score (nSPS) is 20.6. The molecule has 0 bridgehead atoms. The lowest BCUT2D eigenvalue weighted by Crippen LogP contribution is -2.52. The number of nitrogens with one attached hydrogen (secondary N) is 3. The summed E-state index contributed by atoms with van der Waals surface area (Å²) in [5.74, 6) is -0.797. The molecule has 31 heavy (non-hydrogen) atoms. The molecular formula is C22H26N6O3. The van der Waals surface area contributed by atoms with Crippen LogP contribution in [0.25, 0.3) is 0 Å². The van der Waals surface area contributed by atoms with Crippen molar-refractivity contribution in [3.63, 3.8) is 0 Å². The van der Waals surface area contributed by atoms with Crippen LogP contribution in [0.1, 0.15) is 51.3 Å². The van der Waals surface area contributed by atoms with E-state index in [1.807, 2.05) is 29.9 Å². The molecule has 1 aromatic carbocycles. The standard InChI is InChI=1S/C22H26N6O3/c1-27-17-7-8-23-10-15(17)16(26-27)11-24-9-13-3-2-4-14-12-28(22(31)20(13)14)18-5-6-19(29)25-21(18)30/h2-4,18,23-24H,5-12H2,1H3,(H,25,29,30). The van der Waals surface area contributed by atoms with Gasteiger partial charge in [-0.05, 0) is 17.5 Å². The van der Waals surface area contributed by atoms with E-state index >= 15 is 0 Å². The second kappa shape index (κ2) is 7.90. The molecule has 3 amide bonds. The third-order valence-corrected chi connectivity index (χ3v) is 6.45. The number of aryl methyl sites for hydroxylation is 1. The van der Waals surface area contributed by atoms with Gasteiger partial charge < -0.3 is 15.5 Å². The molecule has 0 aliphatic carbocycles. The van der Waals surface area contributed by atoms with Gasteiger partial charge in [-0.2, -0.15) is 5.10 Å². The first kappa shape index (κ1) is 19.9. The lowest BCUT2D eigenvalue weighted by atomic mass is 10.0. The van der Waals surface area contributed by atoms with Gasteiger partial charge in [0.05, 0.1) is 5.69 Å². The van der Waals surface area contributed by atoms with Crippen LogP contribution in [0.4, 0.5) is 0 Å². The first-order chi connectivity index (χ1) is 15.0. The molecule has 3 N–H and O–H groups in total. The molecule has 9 heteroatoms. The zero-order chi connectivity index (χ0) is 21.5. The molecule has 1 fully saturated rings. The Kier molecular flexibility index (Phi) is 5.07. The zero-order valence-corrected chi connectivity index (χ0v) is 17.5. The highest BCUT2D eigenvalue weighted by atomic mass is 16.2. The van der Waals surface area contributed by atoms with Crippen molar-refractivity contribution in [2.24, 2.45) is 7.05 Å². The van der Waals surface area contributed by atoms with E-state index in [0.717, 1.165) is 36.3 Å². The Balaban J connectivity index is 1.29. The number of piperidine rings is 1. The Labute approximate surface area is 180 Å². The molecule has 1 unspecified atom stereocenters. The van der Waals surface area contributed by atoms with E-state index in [1.54, 1.807) is 4.90 Å². The average molecular weight is 422 g/mol. The van der Waals surface area contributed by atoms with Crippen molar-refractivity contribution >= 4 is 17.7 Å². The Morgan fingerprint density at radius 2 is 2.06 bits per heavy atom. The second-order valence-corrected chi connectivity index (χ2v) is 8.38. The highest BCUT2D eigenvalue weighted by Crippen LogP contribution is 2.30. The average Bonchev–Trinajstić information content (AvgIpc) is 3.26. The molecule has 1 saturated heterocycles. The van der Waals surface area contributed by atoms with E-state index in [-0.39, 0.29) is 24.1 Å². The van der Waals surface area contributed by atoms with Gasteiger partial charge in [0.1, 0.15) is 6.04 Å². The van der Waals surface area contributed by atoms with Crippen LogP contribution in [0, 0.1) is 0 Å². The maximum absolute atomic E-state index is 13.2. The number of hydrogen-bond acceptors (Lipinski definition) is 6. The SMILES string of the molecule is Cn1nc(CNCc2cccc3c2C(=O)N(C2CCC(=O)NC2=O)C3)c2c1CCNC2. The minimum atomic E-state index is -0.592. The maximum Gasteiger partial charge on any atom is 0.255 e. The van der Waals surface area contributed by atoms with E-state index < -0.39 is 6.04 Å². The number of benzene rings is 1. The first-order valence-corrected chi connectivity index (χ1v) is 10.7. The first-order valence-electron chi connectivity index (χ1n) is 10.7. The monoisotopic (exact) mass is 422 g/mol. The topological polar surface area (TPSA) is 108 Å². The molecular weight excluding hydrogens is 396 g/mol. The number of aromatic nitrogens is 2. The lowest BCUT2D eigenvalue weighted by Gasteiger charge is -2.29. The van der Waals surface area contributed by atoms with Crippen molar-refractivity contribution in [1.82, 2.24) is 30.6 Å². The molecule has 9 nitrogen and oxygen atoms in total. The van der Waals surface area contributed by atoms with Gasteiger partial charge in [0.2, 0.25) is 11.8 Å². The van der Waals surface area contributed by atoms with Gasteiger partial charge in [-0.25, -0.2) is 0 Å². The molecule has 2 aromatic rings. The number of imide groups is 1. The number of fused-ring (bicyclic) bond motifs is 2. The summed E-state index contributed by atoms with van der Waals surface area (Å²) in [7, 11) is 1.99. The van der Waals surface area contributed by atoms with E-state index in [1.165, 1.54) is 11.3 Å². The second-order valence-electron chi connectivity index (χ2n) is 8.38. The van der Waals surface area contributed by atoms with Gasteiger partial charge in [-0.1, -0.05) is 18.2 Å². The number of rotatable bonds is 5. The van der Waals surface area contributed by atoms with Gasteiger partial charge in [0.15, 0.2) is 0 Å². The van der Waals surface area contributed by atoms with Gasteiger partial charge in [-0.15, -0.1) is 0 Å². The largest absolute Gasteiger partial charge is 0.322 e. The molecule has 0 saturated carbocycles. The highest BCUT2D eigenvalue weighted by Gasteiger charge is 2.39. The summed E-state index contributed by atoms with van der Waals surface area (Å²) in [5.41, 5.74) is 6.10. The lowest BCUT2D eigenvalue weighted by molar-refractivity contribution is -0.136. The van der Waals surface area contributed by atoms with Crippen molar-refractivity contribution < 1.29 is 14.4 Å². The number of carbonyl (C=O) groups is 3. The minimum absolute atomic E-state index is 0.138. The smallest absolute Gasteiger partial charge is 0.255 e. The van der Waals surface area contributed by atoms with Crippen molar-refractivity contribution in [1.29, 1.82) is 0 Å². The quantitative estimate of drug-likeness (QED) is 0.591. The predicted molar refractivity (Wildman–Crippen MR) is 112 cm³/mol. The van der Waals surface area contributed by atoms with E-state index in [4.69, 9.17) is 0 Å². The van der Waals surface area contributed by atoms with Crippen LogP contribution < -0.4 is 16.0 Å². The van der Waals surface area contributed by atoms with Gasteiger partial charge >= 0.3 is 0 Å². The number of hydrogen-bond donors (Lipinski definition) is 3. The van der Waals surface area contributed by atoms with E-state index in [2.05, 4.69) is 21.0 Å². The number of amides is 3. The molecule has 5 rings (SSSR count). The molecule has 162 valence electrons. The van der Waals surface area contributed by atoms with Crippen molar-refractivity contribution in [3.8, 4) is 0 Å². The number of nitrogens with zero attached hydrogens (tertiary/aromatic N) is 3. The maximum atomic E-state index is 13.2. The van der Waals surface area contributed by atoms with E-state index in [0.29, 0.717) is 31.6 Å². The number of carbonyl (C=O) groups excluding carboxylic acids is 3. The van der Waals surface area contributed by atoms with Crippen molar-refractivity contribution in [3.05, 3.63) is 51.8 Å². The Morgan fingerprint density at radius 1 is 1.19 bits per heavy atom. The van der Waals surface area contributed by atoms with Gasteiger partial charge in [-0.3, -0.25) is 24.4 Å². The summed E-state index contributed by atoms with van der Waals surface area (Å²) in [6, 6.07) is 5.24. The minimum Gasteiger partial charge on any atom is -0.322 e. The van der Waals surface area contributed by atoms with Crippen LogP contribution in [0.15, 0.2) is 18.2 Å². The van der Waals surface area contributed by atoms with Crippen LogP contribution in [-0.2, 0) is 49.2 Å². The molecule has 0 spiro atoms. The summed E-state index contributed by atoms with van der Waals surface area (Å²) in [4.78, 5) is 38.5. The van der Waals surface area contributed by atoms with Gasteiger partial charge in [0, 0.05) is 69.4 Å². The van der Waals surface area contributed by atoms with Crippen LogP contribution in [0.2, 0.25) is 0 Å². The molecule has 3 aliphatic heterocycles. The van der Waals surface area contributed by atoms with Crippen LogP contribution >= 0.6 is 0 Å². The van der Waals surface area contributed by atoms with Crippen LogP contribution in [0.3, 0.4) is 0 Å². The van der Waals surface area contributed by atoms with Crippen LogP contribution in [-0.4, -0.2) is 45.0 Å². The van der Waals surface area contributed by atoms with Crippen molar-refractivity contribution in [2.75, 3.05) is 6.54 Å². The zero-order valence-electron chi connectivity index (χ0n) is 17.5. The van der Waals surface area contributed by atoms with Crippen LogP contribution in [0.5, 0.6) is 0 Å². The Bertz CT molecular complexity index is 1080. The molecule has 1 aromatic heterocycles. The third kappa shape index (κ3) is 3.53. The fourth-order valence-electron chi connectivity index (χ4n) is 4.90. The van der Waals surface area contributed by atoms with Crippen molar-refractivity contribution in [2.45, 2.75) is 51.5 Å². The van der Waals surface area contributed by atoms with E-state index in [9.17, 15) is 14.4 Å². The molecule has 3 aliphatic rings. The fourth-order valence-corrected chi connectivity index (χ4v) is 4.90. The third-order valence-electron chi connectivity index (χ3n) is 6.45.